The van der Waals surface area contributed by atoms with Crippen molar-refractivity contribution in [1.82, 2.24) is 19.9 Å². The molecule has 0 aliphatic carbocycles. The van der Waals surface area contributed by atoms with E-state index in [2.05, 4.69) is 63.5 Å². The molecular weight excluding hydrogens is 484 g/mol. The molecule has 1 aliphatic rings. The Balaban J connectivity index is 1.26. The van der Waals surface area contributed by atoms with Gasteiger partial charge in [0.25, 0.3) is 0 Å². The number of aromatic amines is 1. The number of fused-ring (bicyclic) bond motifs is 2. The Morgan fingerprint density at radius 3 is 2.69 bits per heavy atom. The Morgan fingerprint density at radius 1 is 1.08 bits per heavy atom. The van der Waals surface area contributed by atoms with Crippen LogP contribution in [0.5, 0.6) is 0 Å². The molecule has 204 valence electrons. The van der Waals surface area contributed by atoms with Crippen LogP contribution in [0.25, 0.3) is 10.9 Å². The summed E-state index contributed by atoms with van der Waals surface area (Å²) in [7, 11) is 0. The van der Waals surface area contributed by atoms with Crippen molar-refractivity contribution in [3.05, 3.63) is 89.6 Å². The normalized spacial score (nSPS) is 15.3. The average Bonchev–Trinajstić information content (AvgIpc) is 3.58. The summed E-state index contributed by atoms with van der Waals surface area (Å²) in [6.07, 6.45) is 9.67. The van der Waals surface area contributed by atoms with E-state index in [9.17, 15) is 4.79 Å². The molecule has 2 aromatic carbocycles. The van der Waals surface area contributed by atoms with Gasteiger partial charge in [-0.15, -0.1) is 0 Å². The van der Waals surface area contributed by atoms with Crippen LogP contribution in [0.15, 0.2) is 72.0 Å². The minimum Gasteiger partial charge on any atom is -0.361 e. The van der Waals surface area contributed by atoms with Crippen LogP contribution in [-0.4, -0.2) is 39.2 Å². The van der Waals surface area contributed by atoms with Crippen LogP contribution in [0.2, 0.25) is 0 Å². The van der Waals surface area contributed by atoms with Gasteiger partial charge in [0.05, 0.1) is 17.7 Å². The third-order valence-corrected chi connectivity index (χ3v) is 7.84. The third-order valence-electron chi connectivity index (χ3n) is 7.84. The van der Waals surface area contributed by atoms with Gasteiger partial charge in [0.2, 0.25) is 5.91 Å². The highest BCUT2D eigenvalue weighted by molar-refractivity contribution is 5.88. The molecule has 7 heteroatoms. The van der Waals surface area contributed by atoms with Crippen LogP contribution in [-0.2, 0) is 29.6 Å². The number of H-pyrrole nitrogens is 1. The monoisotopic (exact) mass is 524 g/mol. The summed E-state index contributed by atoms with van der Waals surface area (Å²) in [6, 6.07) is 18.8. The highest BCUT2D eigenvalue weighted by atomic mass is 16.2. The number of carbonyl (C=O) groups is 1. The average molecular weight is 525 g/mol. The number of carbonyl (C=O) groups excluding carboxylic acids is 1. The van der Waals surface area contributed by atoms with Crippen molar-refractivity contribution >= 4 is 22.5 Å². The van der Waals surface area contributed by atoms with E-state index in [1.54, 1.807) is 0 Å². The Hall–Kier alpha value is -3.71. The second-order valence-electron chi connectivity index (χ2n) is 11.1. The molecule has 5 rings (SSSR count). The zero-order valence-electron chi connectivity index (χ0n) is 23.1. The fourth-order valence-electron chi connectivity index (χ4n) is 5.38. The molecule has 7 nitrogen and oxygen atoms in total. The Morgan fingerprint density at radius 2 is 1.87 bits per heavy atom. The topological polar surface area (TPSA) is 101 Å². The SMILES string of the molecule is CC(C)(C(=O)NCCc1c[nH]c2ccccc12)c1cn2c(n1)C(CCCCN)N=C(CCc1ccccc1)C2. The first-order chi connectivity index (χ1) is 19.0. The minimum atomic E-state index is -0.753. The van der Waals surface area contributed by atoms with Crippen molar-refractivity contribution in [2.75, 3.05) is 13.1 Å². The maximum Gasteiger partial charge on any atom is 0.231 e. The molecule has 0 bridgehead atoms. The number of nitrogens with one attached hydrogen (secondary N) is 2. The first kappa shape index (κ1) is 26.9. The summed E-state index contributed by atoms with van der Waals surface area (Å²) in [5.74, 6) is 0.952. The summed E-state index contributed by atoms with van der Waals surface area (Å²) in [5, 5.41) is 4.37. The van der Waals surface area contributed by atoms with E-state index in [1.807, 2.05) is 32.2 Å². The highest BCUT2D eigenvalue weighted by Gasteiger charge is 2.35. The zero-order valence-corrected chi connectivity index (χ0v) is 23.1. The maximum atomic E-state index is 13.4. The van der Waals surface area contributed by atoms with Crippen LogP contribution in [0.3, 0.4) is 0 Å². The number of para-hydroxylation sites is 1. The predicted octanol–water partition coefficient (Wildman–Crippen LogP) is 5.26. The molecule has 4 aromatic rings. The number of nitrogens with two attached hydrogens (primary N) is 1. The van der Waals surface area contributed by atoms with E-state index in [0.29, 0.717) is 13.1 Å². The number of aliphatic imine (C=N–C) groups is 1. The van der Waals surface area contributed by atoms with Gasteiger partial charge in [0, 0.05) is 35.6 Å². The van der Waals surface area contributed by atoms with E-state index >= 15 is 0 Å². The number of aromatic nitrogens is 3. The van der Waals surface area contributed by atoms with Gasteiger partial charge in [-0.1, -0.05) is 48.5 Å². The number of hydrogen-bond donors (Lipinski definition) is 3. The fraction of sp³-hybridized carbons (Fsp3) is 0.406. The Labute approximate surface area is 230 Å². The van der Waals surface area contributed by atoms with Crippen molar-refractivity contribution in [3.8, 4) is 0 Å². The molecule has 1 atom stereocenters. The molecule has 3 heterocycles. The van der Waals surface area contributed by atoms with E-state index in [-0.39, 0.29) is 11.9 Å². The molecule has 1 amide bonds. The van der Waals surface area contributed by atoms with Crippen molar-refractivity contribution in [2.24, 2.45) is 10.7 Å². The van der Waals surface area contributed by atoms with Crippen LogP contribution in [0.4, 0.5) is 0 Å². The molecule has 1 aliphatic heterocycles. The van der Waals surface area contributed by atoms with E-state index in [0.717, 1.165) is 62.1 Å². The van der Waals surface area contributed by atoms with Gasteiger partial charge in [-0.25, -0.2) is 4.98 Å². The van der Waals surface area contributed by atoms with E-state index < -0.39 is 5.41 Å². The number of hydrogen-bond acceptors (Lipinski definition) is 4. The molecular formula is C32H40N6O. The summed E-state index contributed by atoms with van der Waals surface area (Å²) in [6.45, 7) is 5.90. The summed E-state index contributed by atoms with van der Waals surface area (Å²) in [5.41, 5.74) is 10.7. The van der Waals surface area contributed by atoms with Gasteiger partial charge in [0.1, 0.15) is 11.9 Å². The van der Waals surface area contributed by atoms with Gasteiger partial charge in [-0.05, 0) is 76.1 Å². The summed E-state index contributed by atoms with van der Waals surface area (Å²) < 4.78 is 2.22. The van der Waals surface area contributed by atoms with Gasteiger partial charge >= 0.3 is 0 Å². The number of amides is 1. The molecule has 2 aromatic heterocycles. The van der Waals surface area contributed by atoms with Crippen molar-refractivity contribution < 1.29 is 4.79 Å². The van der Waals surface area contributed by atoms with Gasteiger partial charge in [0.15, 0.2) is 0 Å². The molecule has 0 fully saturated rings. The summed E-state index contributed by atoms with van der Waals surface area (Å²) in [4.78, 5) is 26.8. The maximum absolute atomic E-state index is 13.4. The minimum absolute atomic E-state index is 0.00514. The first-order valence-electron chi connectivity index (χ1n) is 14.2. The largest absolute Gasteiger partial charge is 0.361 e. The van der Waals surface area contributed by atoms with Crippen LogP contribution in [0, 0.1) is 0 Å². The van der Waals surface area contributed by atoms with Gasteiger partial charge in [-0.3, -0.25) is 9.79 Å². The molecule has 4 N–H and O–H groups in total. The number of nitrogens with zero attached hydrogens (tertiary/aromatic N) is 3. The third kappa shape index (κ3) is 6.14. The number of imidazole rings is 1. The second kappa shape index (κ2) is 12.0. The van der Waals surface area contributed by atoms with Crippen LogP contribution < -0.4 is 11.1 Å². The van der Waals surface area contributed by atoms with Gasteiger partial charge < -0.3 is 20.6 Å². The predicted molar refractivity (Wildman–Crippen MR) is 158 cm³/mol. The Bertz CT molecular complexity index is 1430. The van der Waals surface area contributed by atoms with Crippen LogP contribution in [0.1, 0.15) is 68.2 Å². The number of benzene rings is 2. The lowest BCUT2D eigenvalue weighted by Gasteiger charge is -2.22. The first-order valence-corrected chi connectivity index (χ1v) is 14.2. The molecule has 0 saturated carbocycles. The fourth-order valence-corrected chi connectivity index (χ4v) is 5.38. The lowest BCUT2D eigenvalue weighted by Crippen LogP contribution is -2.41. The van der Waals surface area contributed by atoms with Crippen molar-refractivity contribution in [1.29, 1.82) is 0 Å². The lowest BCUT2D eigenvalue weighted by molar-refractivity contribution is -0.125. The zero-order chi connectivity index (χ0) is 27.2. The molecule has 39 heavy (non-hydrogen) atoms. The molecule has 1 unspecified atom stereocenters. The number of rotatable bonds is 12. The van der Waals surface area contributed by atoms with Crippen LogP contribution >= 0.6 is 0 Å². The van der Waals surface area contributed by atoms with E-state index in [1.165, 1.54) is 22.2 Å². The van der Waals surface area contributed by atoms with E-state index in [4.69, 9.17) is 15.7 Å². The Kier molecular flexibility index (Phi) is 8.27. The number of aryl methyl sites for hydroxylation is 1. The standard InChI is InChI=1S/C32H40N6O/c1-32(2,31(39)34-19-17-24-20-35-27-13-7-6-12-26(24)27)29-22-38-21-25(16-15-23-10-4-3-5-11-23)36-28(30(38)37-29)14-8-9-18-33/h3-7,10-13,20,22,28,35H,8-9,14-19,21,33H2,1-2H3,(H,34,39). The molecule has 0 radical (unpaired) electrons. The second-order valence-corrected chi connectivity index (χ2v) is 11.1. The van der Waals surface area contributed by atoms with Crippen molar-refractivity contribution in [3.63, 3.8) is 0 Å². The van der Waals surface area contributed by atoms with Crippen molar-refractivity contribution in [2.45, 2.75) is 70.4 Å². The lowest BCUT2D eigenvalue weighted by atomic mass is 9.88. The summed E-state index contributed by atoms with van der Waals surface area (Å²) >= 11 is 0. The highest BCUT2D eigenvalue weighted by Crippen LogP contribution is 2.32. The molecule has 0 spiro atoms. The smallest absolute Gasteiger partial charge is 0.231 e. The number of unbranched alkanes of at least 4 members (excludes halogenated alkanes) is 1. The molecule has 0 saturated heterocycles. The van der Waals surface area contributed by atoms with Gasteiger partial charge in [-0.2, -0.15) is 0 Å². The quantitative estimate of drug-likeness (QED) is 0.220.